The van der Waals surface area contributed by atoms with Crippen molar-refractivity contribution in [2.24, 2.45) is 4.99 Å². The number of ether oxygens (including phenoxy) is 2. The van der Waals surface area contributed by atoms with E-state index in [-0.39, 0.29) is 0 Å². The predicted molar refractivity (Wildman–Crippen MR) is 55.0 cm³/mol. The van der Waals surface area contributed by atoms with E-state index >= 15 is 0 Å². The van der Waals surface area contributed by atoms with E-state index in [0.29, 0.717) is 4.16 Å². The topological polar surface area (TPSA) is 30.8 Å². The average molecular weight is 254 g/mol. The van der Waals surface area contributed by atoms with Crippen LogP contribution in [0.1, 0.15) is 6.92 Å². The number of thioether (sulfide) groups is 1. The van der Waals surface area contributed by atoms with Crippen molar-refractivity contribution in [3.05, 3.63) is 0 Å². The summed E-state index contributed by atoms with van der Waals surface area (Å²) < 4.78 is 10.8. The minimum Gasteiger partial charge on any atom is -0.348 e. The van der Waals surface area contributed by atoms with Gasteiger partial charge in [0, 0.05) is 14.2 Å². The standard InChI is InChI=1S/C7H12BrNO2S/c1-7(10-2,11-3)6-9-4-5(8)12-6/h5H,4H2,1-3H3. The Kier molecular flexibility index (Phi) is 3.58. The lowest BCUT2D eigenvalue weighted by Crippen LogP contribution is -2.37. The van der Waals surface area contributed by atoms with Gasteiger partial charge in [-0.05, 0) is 6.92 Å². The molecule has 0 aromatic carbocycles. The molecule has 70 valence electrons. The number of alkyl halides is 1. The normalized spacial score (nSPS) is 24.3. The summed E-state index contributed by atoms with van der Waals surface area (Å²) in [6.45, 7) is 2.65. The molecule has 1 aliphatic rings. The van der Waals surface area contributed by atoms with E-state index in [1.54, 1.807) is 26.0 Å². The van der Waals surface area contributed by atoms with Crippen LogP contribution >= 0.6 is 27.7 Å². The van der Waals surface area contributed by atoms with Gasteiger partial charge >= 0.3 is 0 Å². The first-order valence-corrected chi connectivity index (χ1v) is 5.38. The molecule has 0 fully saturated rings. The Balaban J connectivity index is 2.68. The highest BCUT2D eigenvalue weighted by atomic mass is 79.9. The van der Waals surface area contributed by atoms with Crippen LogP contribution in [0.15, 0.2) is 4.99 Å². The Labute approximate surface area is 85.0 Å². The summed E-state index contributed by atoms with van der Waals surface area (Å²) in [5.74, 6) is -0.673. The van der Waals surface area contributed by atoms with Crippen LogP contribution in [0, 0.1) is 0 Å². The van der Waals surface area contributed by atoms with Crippen molar-refractivity contribution in [1.29, 1.82) is 0 Å². The van der Waals surface area contributed by atoms with Crippen molar-refractivity contribution < 1.29 is 9.47 Å². The number of methoxy groups -OCH3 is 2. The molecule has 1 aliphatic heterocycles. The molecule has 0 bridgehead atoms. The van der Waals surface area contributed by atoms with Crippen LogP contribution in [-0.2, 0) is 9.47 Å². The van der Waals surface area contributed by atoms with Crippen molar-refractivity contribution in [2.75, 3.05) is 20.8 Å². The predicted octanol–water partition coefficient (Wildman–Crippen LogP) is 1.86. The summed E-state index contributed by atoms with van der Waals surface area (Å²) in [6.07, 6.45) is 0. The zero-order chi connectivity index (χ0) is 9.19. The number of halogens is 1. The van der Waals surface area contributed by atoms with Gasteiger partial charge in [-0.1, -0.05) is 27.7 Å². The van der Waals surface area contributed by atoms with Gasteiger partial charge < -0.3 is 9.47 Å². The lowest BCUT2D eigenvalue weighted by molar-refractivity contribution is -0.137. The molecule has 0 amide bonds. The van der Waals surface area contributed by atoms with Crippen molar-refractivity contribution in [2.45, 2.75) is 16.9 Å². The highest BCUT2D eigenvalue weighted by Crippen LogP contribution is 2.32. The van der Waals surface area contributed by atoms with E-state index in [1.807, 2.05) is 6.92 Å². The van der Waals surface area contributed by atoms with E-state index in [0.717, 1.165) is 11.6 Å². The van der Waals surface area contributed by atoms with E-state index in [2.05, 4.69) is 20.9 Å². The SMILES string of the molecule is COC(C)(OC)C1=NCC(Br)S1. The fourth-order valence-electron chi connectivity index (χ4n) is 0.859. The maximum atomic E-state index is 5.22. The molecule has 5 heteroatoms. The van der Waals surface area contributed by atoms with Gasteiger partial charge in [0.15, 0.2) is 0 Å². The quantitative estimate of drug-likeness (QED) is 0.569. The Morgan fingerprint density at radius 3 is 2.50 bits per heavy atom. The molecular formula is C7H12BrNO2S. The first-order valence-electron chi connectivity index (χ1n) is 3.58. The highest BCUT2D eigenvalue weighted by Gasteiger charge is 2.35. The van der Waals surface area contributed by atoms with Crippen LogP contribution in [0.3, 0.4) is 0 Å². The van der Waals surface area contributed by atoms with Gasteiger partial charge in [-0.25, -0.2) is 0 Å². The molecular weight excluding hydrogens is 242 g/mol. The van der Waals surface area contributed by atoms with Crippen molar-refractivity contribution in [3.63, 3.8) is 0 Å². The number of hydrogen-bond acceptors (Lipinski definition) is 4. The third-order valence-corrected chi connectivity index (χ3v) is 3.76. The van der Waals surface area contributed by atoms with Gasteiger partial charge in [-0.15, -0.1) is 0 Å². The smallest absolute Gasteiger partial charge is 0.214 e. The number of nitrogens with zero attached hydrogens (tertiary/aromatic N) is 1. The molecule has 0 N–H and O–H groups in total. The molecule has 1 atom stereocenters. The molecule has 1 rings (SSSR count). The number of rotatable bonds is 3. The maximum Gasteiger partial charge on any atom is 0.214 e. The van der Waals surface area contributed by atoms with Gasteiger partial charge in [-0.3, -0.25) is 4.99 Å². The third kappa shape index (κ3) is 2.02. The van der Waals surface area contributed by atoms with E-state index in [1.165, 1.54) is 0 Å². The second kappa shape index (κ2) is 4.09. The second-order valence-corrected chi connectivity index (χ2v) is 5.43. The van der Waals surface area contributed by atoms with Gasteiger partial charge in [0.2, 0.25) is 5.79 Å². The number of hydrogen-bond donors (Lipinski definition) is 0. The Morgan fingerprint density at radius 1 is 1.58 bits per heavy atom. The van der Waals surface area contributed by atoms with E-state index < -0.39 is 5.79 Å². The molecule has 0 saturated carbocycles. The molecule has 1 unspecified atom stereocenters. The molecule has 0 aliphatic carbocycles. The van der Waals surface area contributed by atoms with Crippen LogP contribution in [0.2, 0.25) is 0 Å². The fourth-order valence-corrected chi connectivity index (χ4v) is 2.46. The summed E-state index contributed by atoms with van der Waals surface area (Å²) >= 11 is 5.11. The Bertz CT molecular complexity index is 194. The first-order chi connectivity index (χ1) is 5.62. The highest BCUT2D eigenvalue weighted by molar-refractivity contribution is 9.11. The Hall–Kier alpha value is 0.420. The molecule has 3 nitrogen and oxygen atoms in total. The van der Waals surface area contributed by atoms with Crippen molar-refractivity contribution in [1.82, 2.24) is 0 Å². The van der Waals surface area contributed by atoms with E-state index in [9.17, 15) is 0 Å². The molecule has 0 saturated heterocycles. The lowest BCUT2D eigenvalue weighted by Gasteiger charge is -2.25. The number of aliphatic imine (C=N–C) groups is 1. The Morgan fingerprint density at radius 2 is 2.17 bits per heavy atom. The summed E-state index contributed by atoms with van der Waals surface area (Å²) in [7, 11) is 3.24. The summed E-state index contributed by atoms with van der Waals surface area (Å²) in [5, 5.41) is 0.898. The molecule has 0 aromatic rings. The minimum absolute atomic E-state index is 0.358. The van der Waals surface area contributed by atoms with Gasteiger partial charge in [0.25, 0.3) is 0 Å². The zero-order valence-corrected chi connectivity index (χ0v) is 9.74. The zero-order valence-electron chi connectivity index (χ0n) is 7.33. The molecule has 0 aromatic heterocycles. The molecule has 1 heterocycles. The summed E-state index contributed by atoms with van der Waals surface area (Å²) in [5.41, 5.74) is 0. The van der Waals surface area contributed by atoms with Gasteiger partial charge in [0.1, 0.15) is 5.04 Å². The third-order valence-electron chi connectivity index (χ3n) is 1.79. The van der Waals surface area contributed by atoms with Crippen molar-refractivity contribution in [3.8, 4) is 0 Å². The van der Waals surface area contributed by atoms with Crippen molar-refractivity contribution >= 4 is 32.7 Å². The monoisotopic (exact) mass is 253 g/mol. The van der Waals surface area contributed by atoms with Crippen LogP contribution in [-0.4, -0.2) is 35.8 Å². The van der Waals surface area contributed by atoms with Crippen LogP contribution in [0.4, 0.5) is 0 Å². The maximum absolute atomic E-state index is 5.22. The molecule has 12 heavy (non-hydrogen) atoms. The average Bonchev–Trinajstić information content (AvgIpc) is 2.51. The minimum atomic E-state index is -0.673. The molecule has 0 radical (unpaired) electrons. The summed E-state index contributed by atoms with van der Waals surface area (Å²) in [6, 6.07) is 0. The summed E-state index contributed by atoms with van der Waals surface area (Å²) in [4.78, 5) is 4.31. The van der Waals surface area contributed by atoms with Crippen LogP contribution in [0.25, 0.3) is 0 Å². The van der Waals surface area contributed by atoms with Gasteiger partial charge in [-0.2, -0.15) is 0 Å². The van der Waals surface area contributed by atoms with Crippen LogP contribution in [0.5, 0.6) is 0 Å². The largest absolute Gasteiger partial charge is 0.348 e. The first kappa shape index (κ1) is 10.5. The van der Waals surface area contributed by atoms with E-state index in [4.69, 9.17) is 9.47 Å². The lowest BCUT2D eigenvalue weighted by atomic mass is 10.3. The molecule has 0 spiro atoms. The fraction of sp³-hybridized carbons (Fsp3) is 0.857. The second-order valence-electron chi connectivity index (χ2n) is 2.53. The van der Waals surface area contributed by atoms with Crippen LogP contribution < -0.4 is 0 Å². The van der Waals surface area contributed by atoms with Gasteiger partial charge in [0.05, 0.1) is 10.7 Å².